The Kier molecular flexibility index (Phi) is 3.06. The van der Waals surface area contributed by atoms with Crippen molar-refractivity contribution in [2.45, 2.75) is 0 Å². The van der Waals surface area contributed by atoms with E-state index in [-0.39, 0.29) is 11.3 Å². The lowest BCUT2D eigenvalue weighted by atomic mass is 10.1. The smallest absolute Gasteiger partial charge is 0.345 e. The van der Waals surface area contributed by atoms with Crippen molar-refractivity contribution in [3.8, 4) is 11.3 Å². The average Bonchev–Trinajstić information content (AvgIpc) is 2.60. The van der Waals surface area contributed by atoms with E-state index in [9.17, 15) is 14.9 Å². The standard InChI is InChI=1S/C17H9N3O4/c21-17-12(7-10-3-1-2-4-16(10)24-17)15-9-18-13-6-5-11(20(22)23)8-14(13)19-15/h1-9H. The molecule has 0 N–H and O–H groups in total. The number of para-hydroxylation sites is 1. The van der Waals surface area contributed by atoms with Crippen LogP contribution in [0.25, 0.3) is 33.3 Å². The Morgan fingerprint density at radius 3 is 2.71 bits per heavy atom. The molecule has 0 saturated heterocycles. The maximum absolute atomic E-state index is 12.2. The second kappa shape index (κ2) is 5.24. The average molecular weight is 319 g/mol. The van der Waals surface area contributed by atoms with Crippen molar-refractivity contribution in [3.63, 3.8) is 0 Å². The van der Waals surface area contributed by atoms with Crippen LogP contribution in [-0.4, -0.2) is 14.9 Å². The van der Waals surface area contributed by atoms with Gasteiger partial charge in [0.15, 0.2) is 0 Å². The molecule has 0 aliphatic rings. The van der Waals surface area contributed by atoms with Crippen LogP contribution in [0.15, 0.2) is 63.9 Å². The minimum atomic E-state index is -0.534. The van der Waals surface area contributed by atoms with E-state index in [1.165, 1.54) is 24.4 Å². The number of hydrogen-bond donors (Lipinski definition) is 0. The zero-order valence-corrected chi connectivity index (χ0v) is 12.2. The van der Waals surface area contributed by atoms with E-state index in [1.807, 2.05) is 12.1 Å². The van der Waals surface area contributed by atoms with Crippen LogP contribution >= 0.6 is 0 Å². The minimum absolute atomic E-state index is 0.0838. The maximum Gasteiger partial charge on any atom is 0.345 e. The first-order valence-electron chi connectivity index (χ1n) is 7.06. The van der Waals surface area contributed by atoms with Crippen molar-refractivity contribution in [1.29, 1.82) is 0 Å². The quantitative estimate of drug-likeness (QED) is 0.319. The third-order valence-electron chi connectivity index (χ3n) is 3.65. The topological polar surface area (TPSA) is 99.1 Å². The van der Waals surface area contributed by atoms with Crippen LogP contribution in [0, 0.1) is 10.1 Å². The van der Waals surface area contributed by atoms with Crippen LogP contribution in [-0.2, 0) is 0 Å². The molecule has 4 rings (SSSR count). The highest BCUT2D eigenvalue weighted by atomic mass is 16.6. The van der Waals surface area contributed by atoms with Gasteiger partial charge < -0.3 is 4.42 Å². The first-order valence-corrected chi connectivity index (χ1v) is 7.06. The summed E-state index contributed by atoms with van der Waals surface area (Å²) in [4.78, 5) is 31.1. The molecular weight excluding hydrogens is 310 g/mol. The molecule has 2 aromatic heterocycles. The summed E-state index contributed by atoms with van der Waals surface area (Å²) in [5.41, 5.74) is 1.28. The Balaban J connectivity index is 1.94. The van der Waals surface area contributed by atoms with E-state index >= 15 is 0 Å². The fraction of sp³-hybridized carbons (Fsp3) is 0. The number of non-ortho nitro benzene ring substituents is 1. The molecule has 4 aromatic rings. The molecule has 2 aromatic carbocycles. The number of fused-ring (bicyclic) bond motifs is 2. The van der Waals surface area contributed by atoms with Crippen molar-refractivity contribution >= 4 is 27.7 Å². The summed E-state index contributed by atoms with van der Waals surface area (Å²) >= 11 is 0. The van der Waals surface area contributed by atoms with Crippen molar-refractivity contribution in [1.82, 2.24) is 9.97 Å². The van der Waals surface area contributed by atoms with Gasteiger partial charge in [0.2, 0.25) is 0 Å². The number of benzene rings is 2. The summed E-state index contributed by atoms with van der Waals surface area (Å²) in [6, 6.07) is 13.0. The molecule has 0 unspecified atom stereocenters. The van der Waals surface area contributed by atoms with Crippen LogP contribution in [0.1, 0.15) is 0 Å². The summed E-state index contributed by atoms with van der Waals surface area (Å²) in [6.45, 7) is 0. The van der Waals surface area contributed by atoms with Crippen molar-refractivity contribution < 1.29 is 9.34 Å². The molecule has 0 fully saturated rings. The van der Waals surface area contributed by atoms with Gasteiger partial charge in [-0.3, -0.25) is 15.1 Å². The highest BCUT2D eigenvalue weighted by molar-refractivity contribution is 5.83. The molecule has 0 amide bonds. The summed E-state index contributed by atoms with van der Waals surface area (Å²) in [6.07, 6.45) is 1.45. The van der Waals surface area contributed by atoms with Crippen LogP contribution in [0.3, 0.4) is 0 Å². The van der Waals surface area contributed by atoms with Crippen molar-refractivity contribution in [2.24, 2.45) is 0 Å². The van der Waals surface area contributed by atoms with Gasteiger partial charge in [-0.05, 0) is 18.2 Å². The van der Waals surface area contributed by atoms with E-state index in [2.05, 4.69) is 9.97 Å². The normalized spacial score (nSPS) is 11.0. The largest absolute Gasteiger partial charge is 0.422 e. The van der Waals surface area contributed by atoms with Gasteiger partial charge >= 0.3 is 5.63 Å². The fourth-order valence-electron chi connectivity index (χ4n) is 2.48. The number of aromatic nitrogens is 2. The van der Waals surface area contributed by atoms with Gasteiger partial charge in [0.1, 0.15) is 5.58 Å². The number of hydrogen-bond acceptors (Lipinski definition) is 6. The van der Waals surface area contributed by atoms with E-state index < -0.39 is 10.5 Å². The Morgan fingerprint density at radius 1 is 1.04 bits per heavy atom. The van der Waals surface area contributed by atoms with Gasteiger partial charge in [0.25, 0.3) is 5.69 Å². The van der Waals surface area contributed by atoms with Gasteiger partial charge in [-0.25, -0.2) is 9.78 Å². The molecule has 0 saturated carbocycles. The molecule has 7 nitrogen and oxygen atoms in total. The van der Waals surface area contributed by atoms with Crippen LogP contribution in [0.2, 0.25) is 0 Å². The zero-order valence-electron chi connectivity index (χ0n) is 12.2. The highest BCUT2D eigenvalue weighted by Gasteiger charge is 2.12. The monoisotopic (exact) mass is 319 g/mol. The molecule has 7 heteroatoms. The van der Waals surface area contributed by atoms with Gasteiger partial charge in [-0.15, -0.1) is 0 Å². The minimum Gasteiger partial charge on any atom is -0.422 e. The van der Waals surface area contributed by atoms with Gasteiger partial charge in [0.05, 0.1) is 33.4 Å². The third kappa shape index (κ3) is 2.28. The fourth-order valence-corrected chi connectivity index (χ4v) is 2.48. The van der Waals surface area contributed by atoms with E-state index in [0.717, 1.165) is 5.39 Å². The molecule has 116 valence electrons. The zero-order chi connectivity index (χ0) is 16.7. The molecule has 2 heterocycles. The SMILES string of the molecule is O=c1oc2ccccc2cc1-c1cnc2ccc([N+](=O)[O-])cc2n1. The van der Waals surface area contributed by atoms with Gasteiger partial charge in [0, 0.05) is 17.5 Å². The van der Waals surface area contributed by atoms with Gasteiger partial charge in [-0.2, -0.15) is 0 Å². The molecule has 0 atom stereocenters. The second-order valence-corrected chi connectivity index (χ2v) is 5.17. The Hall–Kier alpha value is -3.61. The maximum atomic E-state index is 12.2. The molecular formula is C17H9N3O4. The Morgan fingerprint density at radius 2 is 1.88 bits per heavy atom. The Labute approximate surface area is 134 Å². The first kappa shape index (κ1) is 14.0. The molecule has 0 spiro atoms. The first-order chi connectivity index (χ1) is 11.6. The third-order valence-corrected chi connectivity index (χ3v) is 3.65. The molecule has 0 radical (unpaired) electrons. The second-order valence-electron chi connectivity index (χ2n) is 5.17. The predicted molar refractivity (Wildman–Crippen MR) is 87.7 cm³/mol. The van der Waals surface area contributed by atoms with Crippen LogP contribution < -0.4 is 5.63 Å². The van der Waals surface area contributed by atoms with Crippen LogP contribution in [0.4, 0.5) is 5.69 Å². The summed E-state index contributed by atoms with van der Waals surface area (Å²) in [5.74, 6) is 0. The van der Waals surface area contributed by atoms with Crippen molar-refractivity contribution in [2.75, 3.05) is 0 Å². The lowest BCUT2D eigenvalue weighted by Crippen LogP contribution is -2.04. The summed E-state index contributed by atoms with van der Waals surface area (Å²) in [7, 11) is 0. The highest BCUT2D eigenvalue weighted by Crippen LogP contribution is 2.23. The number of rotatable bonds is 2. The molecule has 0 aliphatic heterocycles. The number of nitro groups is 1. The lowest BCUT2D eigenvalue weighted by molar-refractivity contribution is -0.384. The molecule has 24 heavy (non-hydrogen) atoms. The van der Waals surface area contributed by atoms with Crippen molar-refractivity contribution in [3.05, 3.63) is 75.3 Å². The van der Waals surface area contributed by atoms with E-state index in [4.69, 9.17) is 4.42 Å². The van der Waals surface area contributed by atoms with Gasteiger partial charge in [-0.1, -0.05) is 18.2 Å². The van der Waals surface area contributed by atoms with E-state index in [0.29, 0.717) is 22.3 Å². The summed E-state index contributed by atoms with van der Waals surface area (Å²) in [5, 5.41) is 11.6. The van der Waals surface area contributed by atoms with E-state index in [1.54, 1.807) is 18.2 Å². The molecule has 0 aliphatic carbocycles. The molecule has 0 bridgehead atoms. The Bertz CT molecular complexity index is 1170. The lowest BCUT2D eigenvalue weighted by Gasteiger charge is -2.03. The summed E-state index contributed by atoms with van der Waals surface area (Å²) < 4.78 is 5.29. The number of nitro benzene ring substituents is 1. The van der Waals surface area contributed by atoms with Crippen LogP contribution in [0.5, 0.6) is 0 Å². The number of nitrogens with zero attached hydrogens (tertiary/aromatic N) is 3. The predicted octanol–water partition coefficient (Wildman–Crippen LogP) is 3.31.